The van der Waals surface area contributed by atoms with Gasteiger partial charge in [-0.1, -0.05) is 22.9 Å². The third kappa shape index (κ3) is 2.84. The van der Waals surface area contributed by atoms with E-state index in [9.17, 15) is 9.18 Å². The maximum Gasteiger partial charge on any atom is 0.227 e. The summed E-state index contributed by atoms with van der Waals surface area (Å²) in [5.74, 6) is -0.297. The minimum atomic E-state index is -0.416. The highest BCUT2D eigenvalue weighted by molar-refractivity contribution is 9.10. The summed E-state index contributed by atoms with van der Waals surface area (Å²) >= 11 is 3.25. The number of anilines is 1. The van der Waals surface area contributed by atoms with Crippen LogP contribution in [0.3, 0.4) is 0 Å². The van der Waals surface area contributed by atoms with Gasteiger partial charge in [0.25, 0.3) is 0 Å². The fourth-order valence-corrected chi connectivity index (χ4v) is 2.08. The lowest BCUT2D eigenvalue weighted by molar-refractivity contribution is -0.121. The normalized spacial score (nSPS) is 17.4. The summed E-state index contributed by atoms with van der Waals surface area (Å²) in [7, 11) is 0. The van der Waals surface area contributed by atoms with Gasteiger partial charge >= 0.3 is 0 Å². The second kappa shape index (κ2) is 5.14. The molecular weight excluding hydrogens is 287 g/mol. The first-order valence-electron chi connectivity index (χ1n) is 5.54. The lowest BCUT2D eigenvalue weighted by Gasteiger charge is -2.31. The summed E-state index contributed by atoms with van der Waals surface area (Å²) in [6, 6.07) is 4.50. The van der Waals surface area contributed by atoms with Gasteiger partial charge in [0.2, 0.25) is 5.91 Å². The summed E-state index contributed by atoms with van der Waals surface area (Å²) in [6.07, 6.45) is 0. The van der Waals surface area contributed by atoms with E-state index in [2.05, 4.69) is 26.6 Å². The van der Waals surface area contributed by atoms with Crippen LogP contribution >= 0.6 is 15.9 Å². The van der Waals surface area contributed by atoms with Crippen molar-refractivity contribution in [1.29, 1.82) is 0 Å². The number of hydrogen-bond acceptors (Lipinski definition) is 2. The molecule has 1 fully saturated rings. The van der Waals surface area contributed by atoms with Crippen LogP contribution in [0.5, 0.6) is 0 Å². The first-order valence-corrected chi connectivity index (χ1v) is 6.34. The molecule has 0 bridgehead atoms. The molecule has 1 atom stereocenters. The lowest BCUT2D eigenvalue weighted by atomic mass is 9.88. The van der Waals surface area contributed by atoms with E-state index in [1.807, 2.05) is 6.92 Å². The largest absolute Gasteiger partial charge is 0.323 e. The first-order chi connectivity index (χ1) is 8.08. The number of rotatable bonds is 3. The van der Waals surface area contributed by atoms with Gasteiger partial charge in [-0.25, -0.2) is 4.39 Å². The molecule has 0 spiro atoms. The summed E-state index contributed by atoms with van der Waals surface area (Å²) in [6.45, 7) is 3.59. The van der Waals surface area contributed by atoms with Crippen LogP contribution in [0.2, 0.25) is 0 Å². The van der Waals surface area contributed by atoms with Gasteiger partial charge in [0.1, 0.15) is 5.82 Å². The van der Waals surface area contributed by atoms with Crippen LogP contribution in [0.25, 0.3) is 0 Å². The number of nitrogens with one attached hydrogen (secondary N) is 2. The molecule has 17 heavy (non-hydrogen) atoms. The van der Waals surface area contributed by atoms with E-state index in [-0.39, 0.29) is 17.5 Å². The minimum absolute atomic E-state index is 0.102. The van der Waals surface area contributed by atoms with Gasteiger partial charge < -0.3 is 10.6 Å². The Labute approximate surface area is 108 Å². The first kappa shape index (κ1) is 12.5. The van der Waals surface area contributed by atoms with Crippen molar-refractivity contribution in [1.82, 2.24) is 5.32 Å². The van der Waals surface area contributed by atoms with Gasteiger partial charge in [-0.2, -0.15) is 0 Å². The topological polar surface area (TPSA) is 41.1 Å². The number of halogens is 2. The number of hydrogen-bond donors (Lipinski definition) is 2. The predicted molar refractivity (Wildman–Crippen MR) is 68.3 cm³/mol. The zero-order chi connectivity index (χ0) is 12.4. The molecule has 1 aromatic rings. The smallest absolute Gasteiger partial charge is 0.227 e. The van der Waals surface area contributed by atoms with E-state index in [1.54, 1.807) is 12.1 Å². The van der Waals surface area contributed by atoms with Crippen molar-refractivity contribution in [2.45, 2.75) is 6.92 Å². The lowest BCUT2D eigenvalue weighted by Crippen LogP contribution is -2.48. The highest BCUT2D eigenvalue weighted by atomic mass is 79.9. The molecular formula is C12H14BrFN2O. The van der Waals surface area contributed by atoms with Crippen molar-refractivity contribution in [2.24, 2.45) is 11.8 Å². The minimum Gasteiger partial charge on any atom is -0.323 e. The Morgan fingerprint density at radius 1 is 1.59 bits per heavy atom. The molecule has 0 saturated carbocycles. The summed E-state index contributed by atoms with van der Waals surface area (Å²) in [4.78, 5) is 11.9. The third-order valence-electron chi connectivity index (χ3n) is 3.12. The maximum absolute atomic E-state index is 13.4. The van der Waals surface area contributed by atoms with Crippen LogP contribution in [-0.2, 0) is 4.79 Å². The van der Waals surface area contributed by atoms with Crippen LogP contribution in [0.15, 0.2) is 22.7 Å². The van der Waals surface area contributed by atoms with Gasteiger partial charge in [-0.15, -0.1) is 0 Å². The van der Waals surface area contributed by atoms with Crippen molar-refractivity contribution in [3.05, 3.63) is 28.5 Å². The zero-order valence-corrected chi connectivity index (χ0v) is 11.1. The molecule has 0 aromatic heterocycles. The molecule has 1 heterocycles. The van der Waals surface area contributed by atoms with Crippen LogP contribution < -0.4 is 10.6 Å². The van der Waals surface area contributed by atoms with Crippen molar-refractivity contribution in [2.75, 3.05) is 18.4 Å². The van der Waals surface area contributed by atoms with Gasteiger partial charge in [-0.05, 0) is 37.2 Å². The van der Waals surface area contributed by atoms with Crippen molar-refractivity contribution >= 4 is 27.5 Å². The highest BCUT2D eigenvalue weighted by Gasteiger charge is 2.28. The van der Waals surface area contributed by atoms with Crippen LogP contribution in [0, 0.1) is 17.7 Å². The molecule has 0 radical (unpaired) electrons. The quantitative estimate of drug-likeness (QED) is 0.900. The zero-order valence-electron chi connectivity index (χ0n) is 9.47. The standard InChI is InChI=1S/C12H14BrFN2O/c1-7(8-5-15-6-8)12(17)16-11-4-9(13)2-3-10(11)14/h2-4,7-8,15H,5-6H2,1H3,(H,16,17). The molecule has 92 valence electrons. The second-order valence-corrected chi connectivity index (χ2v) is 5.24. The number of carbonyl (C=O) groups is 1. The summed E-state index contributed by atoms with van der Waals surface area (Å²) in [5, 5.41) is 5.75. The Morgan fingerprint density at radius 3 is 2.88 bits per heavy atom. The van der Waals surface area contributed by atoms with E-state index in [0.717, 1.165) is 17.6 Å². The fraction of sp³-hybridized carbons (Fsp3) is 0.417. The van der Waals surface area contributed by atoms with Gasteiger partial charge in [0.05, 0.1) is 5.69 Å². The highest BCUT2D eigenvalue weighted by Crippen LogP contribution is 2.22. The molecule has 1 aliphatic rings. The van der Waals surface area contributed by atoms with Crippen molar-refractivity contribution in [3.8, 4) is 0 Å². The SMILES string of the molecule is CC(C(=O)Nc1cc(Br)ccc1F)C1CNC1. The Hall–Kier alpha value is -0.940. The molecule has 2 N–H and O–H groups in total. The molecule has 5 heteroatoms. The average Bonchev–Trinajstić information content (AvgIpc) is 2.21. The average molecular weight is 301 g/mol. The number of carbonyl (C=O) groups excluding carboxylic acids is 1. The molecule has 1 aromatic carbocycles. The van der Waals surface area contributed by atoms with Gasteiger partial charge in [0.15, 0.2) is 0 Å². The fourth-order valence-electron chi connectivity index (χ4n) is 1.72. The van der Waals surface area contributed by atoms with Crippen molar-refractivity contribution < 1.29 is 9.18 Å². The Balaban J connectivity index is 2.04. The summed E-state index contributed by atoms with van der Waals surface area (Å²) < 4.78 is 14.2. The van der Waals surface area contributed by atoms with Gasteiger partial charge in [0, 0.05) is 10.4 Å². The Morgan fingerprint density at radius 2 is 2.29 bits per heavy atom. The number of amides is 1. The summed E-state index contributed by atoms with van der Waals surface area (Å²) in [5.41, 5.74) is 0.225. The third-order valence-corrected chi connectivity index (χ3v) is 3.61. The van der Waals surface area contributed by atoms with Crippen LogP contribution in [0.1, 0.15) is 6.92 Å². The molecule has 3 nitrogen and oxygen atoms in total. The van der Waals surface area contributed by atoms with E-state index >= 15 is 0 Å². The predicted octanol–water partition coefficient (Wildman–Crippen LogP) is 2.38. The van der Waals surface area contributed by atoms with Gasteiger partial charge in [-0.3, -0.25) is 4.79 Å². The molecule has 1 aliphatic heterocycles. The van der Waals surface area contributed by atoms with E-state index in [0.29, 0.717) is 5.92 Å². The molecule has 0 aliphatic carbocycles. The van der Waals surface area contributed by atoms with Crippen LogP contribution in [-0.4, -0.2) is 19.0 Å². The van der Waals surface area contributed by atoms with Crippen molar-refractivity contribution in [3.63, 3.8) is 0 Å². The molecule has 1 saturated heterocycles. The van der Waals surface area contributed by atoms with Crippen LogP contribution in [0.4, 0.5) is 10.1 Å². The molecule has 2 rings (SSSR count). The van der Waals surface area contributed by atoms with E-state index in [1.165, 1.54) is 6.07 Å². The number of benzene rings is 1. The second-order valence-electron chi connectivity index (χ2n) is 4.32. The Kier molecular flexibility index (Phi) is 3.79. The van der Waals surface area contributed by atoms with E-state index < -0.39 is 5.82 Å². The monoisotopic (exact) mass is 300 g/mol. The molecule has 1 amide bonds. The molecule has 1 unspecified atom stereocenters. The maximum atomic E-state index is 13.4. The van der Waals surface area contributed by atoms with E-state index in [4.69, 9.17) is 0 Å². The Bertz CT molecular complexity index is 435.